The Morgan fingerprint density at radius 3 is 2.81 bits per heavy atom. The summed E-state index contributed by atoms with van der Waals surface area (Å²) in [5.41, 5.74) is 0.456. The minimum atomic E-state index is -0.302. The molecule has 1 amide bonds. The number of carbonyl (C=O) groups is 1. The zero-order chi connectivity index (χ0) is 15.3. The first kappa shape index (κ1) is 15.8. The number of para-hydroxylation sites is 2. The molecular weight excluding hydrogens is 264 g/mol. The molecule has 1 saturated heterocycles. The lowest BCUT2D eigenvalue weighted by Crippen LogP contribution is -2.47. The van der Waals surface area contributed by atoms with Gasteiger partial charge in [0, 0.05) is 6.54 Å². The van der Waals surface area contributed by atoms with Crippen LogP contribution in [0.2, 0.25) is 0 Å². The summed E-state index contributed by atoms with van der Waals surface area (Å²) in [5, 5.41) is 6.42. The summed E-state index contributed by atoms with van der Waals surface area (Å²) in [5.74, 6) is 0.827. The Balaban J connectivity index is 2.15. The molecule has 0 bridgehead atoms. The second-order valence-electron chi connectivity index (χ2n) is 6.03. The third-order valence-electron chi connectivity index (χ3n) is 4.13. The summed E-state index contributed by atoms with van der Waals surface area (Å²) >= 11 is 0. The van der Waals surface area contributed by atoms with Crippen molar-refractivity contribution in [1.29, 1.82) is 0 Å². The third-order valence-corrected chi connectivity index (χ3v) is 4.13. The molecular formula is C17H26N2O2. The standard InChI is InChI=1S/C17H26N2O2/c1-4-17(10-7-11-18-12-17)16(20)19-14-8-5-6-9-15(14)21-13(2)3/h5-6,8-9,13,18H,4,7,10-12H2,1-3H3,(H,19,20). The molecule has 1 aliphatic heterocycles. The number of anilines is 1. The molecule has 1 aromatic carbocycles. The van der Waals surface area contributed by atoms with E-state index in [4.69, 9.17) is 4.74 Å². The third kappa shape index (κ3) is 3.76. The first-order chi connectivity index (χ1) is 10.1. The predicted molar refractivity (Wildman–Crippen MR) is 85.7 cm³/mol. The molecule has 0 spiro atoms. The molecule has 0 aromatic heterocycles. The molecule has 1 fully saturated rings. The van der Waals surface area contributed by atoms with Crippen molar-refractivity contribution in [3.05, 3.63) is 24.3 Å². The molecule has 0 radical (unpaired) electrons. The molecule has 4 nitrogen and oxygen atoms in total. The zero-order valence-electron chi connectivity index (χ0n) is 13.2. The number of hydrogen-bond donors (Lipinski definition) is 2. The first-order valence-corrected chi connectivity index (χ1v) is 7.85. The number of carbonyl (C=O) groups excluding carboxylic acids is 1. The van der Waals surface area contributed by atoms with E-state index < -0.39 is 0 Å². The van der Waals surface area contributed by atoms with Gasteiger partial charge in [0.2, 0.25) is 5.91 Å². The summed E-state index contributed by atoms with van der Waals surface area (Å²) in [6.07, 6.45) is 2.92. The maximum Gasteiger partial charge on any atom is 0.231 e. The normalized spacial score (nSPS) is 22.1. The zero-order valence-corrected chi connectivity index (χ0v) is 13.2. The van der Waals surface area contributed by atoms with Crippen molar-refractivity contribution in [2.24, 2.45) is 5.41 Å². The van der Waals surface area contributed by atoms with E-state index in [1.807, 2.05) is 38.1 Å². The largest absolute Gasteiger partial charge is 0.489 e. The van der Waals surface area contributed by atoms with E-state index in [1.54, 1.807) is 0 Å². The highest BCUT2D eigenvalue weighted by molar-refractivity contribution is 5.96. The van der Waals surface area contributed by atoms with Crippen molar-refractivity contribution in [1.82, 2.24) is 5.32 Å². The Bertz CT molecular complexity index is 479. The Hall–Kier alpha value is -1.55. The molecule has 1 atom stereocenters. The van der Waals surface area contributed by atoms with Crippen molar-refractivity contribution < 1.29 is 9.53 Å². The van der Waals surface area contributed by atoms with Gasteiger partial charge in [-0.05, 0) is 51.8 Å². The SMILES string of the molecule is CCC1(C(=O)Nc2ccccc2OC(C)C)CCCNC1. The maximum absolute atomic E-state index is 12.8. The quantitative estimate of drug-likeness (QED) is 0.875. The van der Waals surface area contributed by atoms with Crippen LogP contribution in [0.1, 0.15) is 40.0 Å². The van der Waals surface area contributed by atoms with Gasteiger partial charge in [-0.1, -0.05) is 19.1 Å². The summed E-state index contributed by atoms with van der Waals surface area (Å²) in [4.78, 5) is 12.8. The maximum atomic E-state index is 12.8. The molecule has 0 saturated carbocycles. The van der Waals surface area contributed by atoms with Gasteiger partial charge < -0.3 is 15.4 Å². The topological polar surface area (TPSA) is 50.4 Å². The smallest absolute Gasteiger partial charge is 0.231 e. The van der Waals surface area contributed by atoms with Gasteiger partial charge >= 0.3 is 0 Å². The van der Waals surface area contributed by atoms with Crippen LogP contribution in [0.15, 0.2) is 24.3 Å². The lowest BCUT2D eigenvalue weighted by atomic mass is 9.77. The van der Waals surface area contributed by atoms with Gasteiger partial charge in [-0.25, -0.2) is 0 Å². The van der Waals surface area contributed by atoms with Crippen LogP contribution in [0.5, 0.6) is 5.75 Å². The molecule has 4 heteroatoms. The highest BCUT2D eigenvalue weighted by Gasteiger charge is 2.38. The number of piperidine rings is 1. The van der Waals surface area contributed by atoms with Gasteiger partial charge in [-0.2, -0.15) is 0 Å². The van der Waals surface area contributed by atoms with Gasteiger partial charge in [0.15, 0.2) is 0 Å². The van der Waals surface area contributed by atoms with E-state index in [9.17, 15) is 4.79 Å². The second kappa shape index (κ2) is 6.94. The Kier molecular flexibility index (Phi) is 5.23. The number of ether oxygens (including phenoxy) is 1. The Morgan fingerprint density at radius 2 is 2.19 bits per heavy atom. The monoisotopic (exact) mass is 290 g/mol. The molecule has 1 heterocycles. The first-order valence-electron chi connectivity index (χ1n) is 7.85. The number of benzene rings is 1. The van der Waals surface area contributed by atoms with Crippen molar-refractivity contribution in [3.8, 4) is 5.75 Å². The molecule has 1 aliphatic rings. The predicted octanol–water partition coefficient (Wildman–Crippen LogP) is 3.19. The molecule has 116 valence electrons. The van der Waals surface area contributed by atoms with E-state index in [0.717, 1.165) is 43.8 Å². The average Bonchev–Trinajstić information content (AvgIpc) is 2.49. The summed E-state index contributed by atoms with van der Waals surface area (Å²) in [7, 11) is 0. The fourth-order valence-electron chi connectivity index (χ4n) is 2.81. The lowest BCUT2D eigenvalue weighted by molar-refractivity contribution is -0.126. The minimum Gasteiger partial charge on any atom is -0.489 e. The molecule has 2 rings (SSSR count). The van der Waals surface area contributed by atoms with Gasteiger partial charge in [-0.15, -0.1) is 0 Å². The van der Waals surface area contributed by atoms with Crippen molar-refractivity contribution in [2.75, 3.05) is 18.4 Å². The van der Waals surface area contributed by atoms with Crippen molar-refractivity contribution >= 4 is 11.6 Å². The van der Waals surface area contributed by atoms with Crippen LogP contribution >= 0.6 is 0 Å². The average molecular weight is 290 g/mol. The van der Waals surface area contributed by atoms with E-state index in [2.05, 4.69) is 17.6 Å². The fraction of sp³-hybridized carbons (Fsp3) is 0.588. The van der Waals surface area contributed by atoms with Crippen LogP contribution < -0.4 is 15.4 Å². The molecule has 0 aliphatic carbocycles. The Labute approximate surface area is 127 Å². The van der Waals surface area contributed by atoms with Crippen LogP contribution in [0.25, 0.3) is 0 Å². The van der Waals surface area contributed by atoms with Crippen molar-refractivity contribution in [3.63, 3.8) is 0 Å². The highest BCUT2D eigenvalue weighted by Crippen LogP contribution is 2.33. The van der Waals surface area contributed by atoms with Gasteiger partial charge in [0.25, 0.3) is 0 Å². The van der Waals surface area contributed by atoms with Crippen LogP contribution in [0.4, 0.5) is 5.69 Å². The minimum absolute atomic E-state index is 0.0829. The summed E-state index contributed by atoms with van der Waals surface area (Å²) < 4.78 is 5.77. The van der Waals surface area contributed by atoms with Gasteiger partial charge in [0.05, 0.1) is 17.2 Å². The number of hydrogen-bond acceptors (Lipinski definition) is 3. The second-order valence-corrected chi connectivity index (χ2v) is 6.03. The molecule has 1 aromatic rings. The van der Waals surface area contributed by atoms with E-state index in [0.29, 0.717) is 0 Å². The lowest BCUT2D eigenvalue weighted by Gasteiger charge is -2.35. The summed E-state index contributed by atoms with van der Waals surface area (Å²) in [6, 6.07) is 7.63. The highest BCUT2D eigenvalue weighted by atomic mass is 16.5. The van der Waals surface area contributed by atoms with Gasteiger partial charge in [-0.3, -0.25) is 4.79 Å². The Morgan fingerprint density at radius 1 is 1.43 bits per heavy atom. The van der Waals surface area contributed by atoms with Crippen molar-refractivity contribution in [2.45, 2.75) is 46.1 Å². The van der Waals surface area contributed by atoms with E-state index >= 15 is 0 Å². The van der Waals surface area contributed by atoms with Crippen LogP contribution in [-0.4, -0.2) is 25.1 Å². The van der Waals surface area contributed by atoms with E-state index in [-0.39, 0.29) is 17.4 Å². The number of nitrogens with one attached hydrogen (secondary N) is 2. The summed E-state index contributed by atoms with van der Waals surface area (Å²) in [6.45, 7) is 7.81. The van der Waals surface area contributed by atoms with E-state index in [1.165, 1.54) is 0 Å². The molecule has 21 heavy (non-hydrogen) atoms. The number of amides is 1. The van der Waals surface area contributed by atoms with Crippen LogP contribution in [0.3, 0.4) is 0 Å². The number of rotatable bonds is 5. The van der Waals surface area contributed by atoms with Crippen LogP contribution in [0, 0.1) is 5.41 Å². The van der Waals surface area contributed by atoms with Gasteiger partial charge in [0.1, 0.15) is 5.75 Å². The molecule has 1 unspecified atom stereocenters. The fourth-order valence-corrected chi connectivity index (χ4v) is 2.81. The van der Waals surface area contributed by atoms with Crippen LogP contribution in [-0.2, 0) is 4.79 Å². The molecule has 2 N–H and O–H groups in total.